The Kier molecular flexibility index (Phi) is 3.09. The molecule has 0 bridgehead atoms. The minimum absolute atomic E-state index is 0.685. The zero-order valence-corrected chi connectivity index (χ0v) is 9.82. The van der Waals surface area contributed by atoms with Crippen molar-refractivity contribution in [2.24, 2.45) is 10.2 Å². The third kappa shape index (κ3) is 2.28. The molecule has 0 radical (unpaired) electrons. The summed E-state index contributed by atoms with van der Waals surface area (Å²) in [6, 6.07) is 7.57. The average Bonchev–Trinajstić information content (AvgIpc) is 2.67. The summed E-state index contributed by atoms with van der Waals surface area (Å²) in [5.41, 5.74) is 8.73. The van der Waals surface area contributed by atoms with E-state index < -0.39 is 0 Å². The number of nitrogens with zero attached hydrogens (tertiary/aromatic N) is 2. The first-order valence-electron chi connectivity index (χ1n) is 5.19. The summed E-state index contributed by atoms with van der Waals surface area (Å²) in [4.78, 5) is 0. The van der Waals surface area contributed by atoms with Crippen molar-refractivity contribution >= 4 is 17.1 Å². The van der Waals surface area contributed by atoms with Crippen LogP contribution in [0.1, 0.15) is 6.92 Å². The molecule has 88 valence electrons. The van der Waals surface area contributed by atoms with Crippen LogP contribution < -0.4 is 15.6 Å². The normalized spacial score (nSPS) is 16.7. The highest BCUT2D eigenvalue weighted by molar-refractivity contribution is 6.48. The van der Waals surface area contributed by atoms with E-state index in [1.807, 2.05) is 31.2 Å². The monoisotopic (exact) mass is 230 g/mol. The molecule has 1 aromatic rings. The summed E-state index contributed by atoms with van der Waals surface area (Å²) >= 11 is 0. The Morgan fingerprint density at radius 1 is 1.41 bits per heavy atom. The summed E-state index contributed by atoms with van der Waals surface area (Å²) in [6.45, 7) is 5.68. The SMILES string of the molecule is C=C1NN=C(C)/C1=N\Nc1ccccc1OC. The molecule has 0 aliphatic carbocycles. The smallest absolute Gasteiger partial charge is 0.143 e. The number of hydrogen-bond donors (Lipinski definition) is 2. The van der Waals surface area contributed by atoms with Crippen LogP contribution >= 0.6 is 0 Å². The van der Waals surface area contributed by atoms with Gasteiger partial charge in [0.05, 0.1) is 24.2 Å². The molecule has 0 fully saturated rings. The number of para-hydroxylation sites is 2. The lowest BCUT2D eigenvalue weighted by molar-refractivity contribution is 0.416. The van der Waals surface area contributed by atoms with Crippen molar-refractivity contribution in [2.75, 3.05) is 12.5 Å². The van der Waals surface area contributed by atoms with Crippen LogP contribution in [0, 0.1) is 0 Å². The topological polar surface area (TPSA) is 58.0 Å². The van der Waals surface area contributed by atoms with E-state index in [2.05, 4.69) is 27.6 Å². The van der Waals surface area contributed by atoms with Gasteiger partial charge in [0, 0.05) is 0 Å². The van der Waals surface area contributed by atoms with Gasteiger partial charge in [0.25, 0.3) is 0 Å². The lowest BCUT2D eigenvalue weighted by Crippen LogP contribution is -2.12. The molecule has 5 heteroatoms. The minimum Gasteiger partial charge on any atom is -0.495 e. The quantitative estimate of drug-likeness (QED) is 0.780. The van der Waals surface area contributed by atoms with E-state index in [0.29, 0.717) is 5.70 Å². The standard InChI is InChI=1S/C12H14N4O/c1-8-12(9(2)14-13-8)16-15-10-6-4-5-7-11(10)17-3/h4-7,13,15H,1H2,2-3H3/b16-12-. The fourth-order valence-electron chi connectivity index (χ4n) is 1.48. The number of nitrogens with one attached hydrogen (secondary N) is 2. The highest BCUT2D eigenvalue weighted by Gasteiger charge is 2.15. The second kappa shape index (κ2) is 4.69. The molecule has 2 N–H and O–H groups in total. The van der Waals surface area contributed by atoms with Gasteiger partial charge in [-0.05, 0) is 19.1 Å². The van der Waals surface area contributed by atoms with Gasteiger partial charge in [0.15, 0.2) is 0 Å². The third-order valence-corrected chi connectivity index (χ3v) is 2.38. The fraction of sp³-hybridized carbons (Fsp3) is 0.167. The van der Waals surface area contributed by atoms with E-state index in [1.54, 1.807) is 7.11 Å². The van der Waals surface area contributed by atoms with E-state index in [4.69, 9.17) is 4.74 Å². The van der Waals surface area contributed by atoms with E-state index in [9.17, 15) is 0 Å². The molecule has 1 heterocycles. The molecule has 5 nitrogen and oxygen atoms in total. The van der Waals surface area contributed by atoms with Crippen LogP contribution in [-0.2, 0) is 0 Å². The summed E-state index contributed by atoms with van der Waals surface area (Å²) in [6.07, 6.45) is 0. The van der Waals surface area contributed by atoms with Gasteiger partial charge in [-0.25, -0.2) is 0 Å². The first kappa shape index (κ1) is 11.2. The van der Waals surface area contributed by atoms with E-state index in [1.165, 1.54) is 0 Å². The van der Waals surface area contributed by atoms with Gasteiger partial charge in [-0.2, -0.15) is 10.2 Å². The van der Waals surface area contributed by atoms with Gasteiger partial charge in [-0.1, -0.05) is 18.7 Å². The third-order valence-electron chi connectivity index (χ3n) is 2.38. The molecular weight excluding hydrogens is 216 g/mol. The minimum atomic E-state index is 0.685. The maximum atomic E-state index is 5.21. The number of hydrogen-bond acceptors (Lipinski definition) is 5. The van der Waals surface area contributed by atoms with Crippen LogP contribution in [0.3, 0.4) is 0 Å². The Morgan fingerprint density at radius 3 is 2.82 bits per heavy atom. The number of anilines is 1. The summed E-state index contributed by atoms with van der Waals surface area (Å²) < 4.78 is 5.21. The Balaban J connectivity index is 2.19. The molecule has 0 spiro atoms. The second-order valence-electron chi connectivity index (χ2n) is 3.56. The molecule has 0 amide bonds. The zero-order chi connectivity index (χ0) is 12.3. The van der Waals surface area contributed by atoms with Crippen LogP contribution in [0.25, 0.3) is 0 Å². The average molecular weight is 230 g/mol. The number of benzene rings is 1. The molecule has 0 saturated carbocycles. The maximum Gasteiger partial charge on any atom is 0.143 e. The van der Waals surface area contributed by atoms with Crippen LogP contribution in [0.4, 0.5) is 5.69 Å². The van der Waals surface area contributed by atoms with E-state index in [-0.39, 0.29) is 0 Å². The molecule has 0 saturated heterocycles. The van der Waals surface area contributed by atoms with Crippen molar-refractivity contribution in [3.63, 3.8) is 0 Å². The van der Waals surface area contributed by atoms with Crippen LogP contribution in [0.5, 0.6) is 5.75 Å². The van der Waals surface area contributed by atoms with E-state index in [0.717, 1.165) is 22.9 Å². The number of hydrazone groups is 2. The molecule has 1 aromatic carbocycles. The summed E-state index contributed by atoms with van der Waals surface area (Å²) in [7, 11) is 1.62. The van der Waals surface area contributed by atoms with Crippen LogP contribution in [-0.4, -0.2) is 18.5 Å². The lowest BCUT2D eigenvalue weighted by Gasteiger charge is -2.07. The number of allylic oxidation sites excluding steroid dienone is 1. The van der Waals surface area contributed by atoms with E-state index >= 15 is 0 Å². The molecule has 17 heavy (non-hydrogen) atoms. The second-order valence-corrected chi connectivity index (χ2v) is 3.56. The van der Waals surface area contributed by atoms with Gasteiger partial charge in [0.2, 0.25) is 0 Å². The zero-order valence-electron chi connectivity index (χ0n) is 9.82. The Morgan fingerprint density at radius 2 is 2.18 bits per heavy atom. The van der Waals surface area contributed by atoms with Crippen LogP contribution in [0.2, 0.25) is 0 Å². The number of methoxy groups -OCH3 is 1. The molecule has 1 aliphatic heterocycles. The van der Waals surface area contributed by atoms with Crippen molar-refractivity contribution < 1.29 is 4.74 Å². The largest absolute Gasteiger partial charge is 0.495 e. The van der Waals surface area contributed by atoms with Gasteiger partial charge in [-0.3, -0.25) is 10.9 Å². The molecule has 0 aromatic heterocycles. The number of ether oxygens (including phenoxy) is 1. The molecule has 2 rings (SSSR count). The van der Waals surface area contributed by atoms with Crippen molar-refractivity contribution in [3.05, 3.63) is 36.5 Å². The fourth-order valence-corrected chi connectivity index (χ4v) is 1.48. The van der Waals surface area contributed by atoms with Crippen molar-refractivity contribution in [2.45, 2.75) is 6.92 Å². The molecule has 0 atom stereocenters. The highest BCUT2D eigenvalue weighted by atomic mass is 16.5. The number of rotatable bonds is 3. The molecule has 0 unspecified atom stereocenters. The summed E-state index contributed by atoms with van der Waals surface area (Å²) in [5, 5.41) is 8.28. The van der Waals surface area contributed by atoms with Gasteiger partial charge >= 0.3 is 0 Å². The molecular formula is C12H14N4O. The van der Waals surface area contributed by atoms with Gasteiger partial charge < -0.3 is 4.74 Å². The Hall–Kier alpha value is -2.30. The van der Waals surface area contributed by atoms with Crippen molar-refractivity contribution in [3.8, 4) is 5.75 Å². The summed E-state index contributed by atoms with van der Waals surface area (Å²) in [5.74, 6) is 0.739. The predicted molar refractivity (Wildman–Crippen MR) is 69.4 cm³/mol. The Bertz CT molecular complexity index is 505. The maximum absolute atomic E-state index is 5.21. The van der Waals surface area contributed by atoms with Gasteiger partial charge in [-0.15, -0.1) is 0 Å². The lowest BCUT2D eigenvalue weighted by atomic mass is 10.2. The van der Waals surface area contributed by atoms with Gasteiger partial charge in [0.1, 0.15) is 11.5 Å². The van der Waals surface area contributed by atoms with Crippen molar-refractivity contribution in [1.29, 1.82) is 0 Å². The predicted octanol–water partition coefficient (Wildman–Crippen LogP) is 1.96. The van der Waals surface area contributed by atoms with Crippen molar-refractivity contribution in [1.82, 2.24) is 5.43 Å². The Labute approximate surface area is 99.9 Å². The highest BCUT2D eigenvalue weighted by Crippen LogP contribution is 2.23. The first-order chi connectivity index (χ1) is 8.22. The first-order valence-corrected chi connectivity index (χ1v) is 5.19. The van der Waals surface area contributed by atoms with Crippen LogP contribution in [0.15, 0.2) is 46.7 Å². The molecule has 1 aliphatic rings.